The zero-order valence-electron chi connectivity index (χ0n) is 14.9. The van der Waals surface area contributed by atoms with Crippen molar-refractivity contribution in [2.24, 2.45) is 0 Å². The maximum atomic E-state index is 12.2. The normalized spacial score (nSPS) is 15.4. The zero-order valence-corrected chi connectivity index (χ0v) is 15.7. The van der Waals surface area contributed by atoms with Crippen molar-refractivity contribution >= 4 is 18.4 Å². The molecule has 0 amide bonds. The van der Waals surface area contributed by atoms with Crippen LogP contribution in [0.15, 0.2) is 48.5 Å². The summed E-state index contributed by atoms with van der Waals surface area (Å²) in [7, 11) is 0. The van der Waals surface area contributed by atoms with Gasteiger partial charge in [0.05, 0.1) is 5.56 Å². The number of rotatable bonds is 4. The lowest BCUT2D eigenvalue weighted by atomic mass is 10.1. The van der Waals surface area contributed by atoms with Crippen LogP contribution in [0, 0.1) is 13.8 Å². The Kier molecular flexibility index (Phi) is 7.03. The van der Waals surface area contributed by atoms with Crippen molar-refractivity contribution in [1.29, 1.82) is 0 Å². The molecule has 1 aliphatic rings. The number of carbonyl (C=O) groups excluding carboxylic acids is 1. The maximum absolute atomic E-state index is 12.2. The number of hydrogen-bond acceptors (Lipinski definition) is 3. The van der Waals surface area contributed by atoms with Crippen LogP contribution in [0.3, 0.4) is 0 Å². The molecule has 0 atom stereocenters. The first-order chi connectivity index (χ1) is 11.6. The van der Waals surface area contributed by atoms with E-state index in [4.69, 9.17) is 4.74 Å². The van der Waals surface area contributed by atoms with Gasteiger partial charge in [-0.3, -0.25) is 4.90 Å². The van der Waals surface area contributed by atoms with Crippen molar-refractivity contribution in [2.75, 3.05) is 13.1 Å². The third kappa shape index (κ3) is 5.58. The third-order valence-corrected chi connectivity index (χ3v) is 4.62. The fourth-order valence-corrected chi connectivity index (χ4v) is 3.05. The summed E-state index contributed by atoms with van der Waals surface area (Å²) in [6, 6.07) is 16.3. The molecule has 3 nitrogen and oxygen atoms in total. The molecule has 3 rings (SSSR count). The van der Waals surface area contributed by atoms with Crippen LogP contribution in [0.2, 0.25) is 0 Å². The van der Waals surface area contributed by atoms with E-state index in [1.54, 1.807) is 0 Å². The molecule has 0 saturated carbocycles. The minimum atomic E-state index is -0.202. The second kappa shape index (κ2) is 9.02. The molecule has 0 aliphatic carbocycles. The molecule has 4 heteroatoms. The van der Waals surface area contributed by atoms with Crippen molar-refractivity contribution in [3.63, 3.8) is 0 Å². The molecule has 25 heavy (non-hydrogen) atoms. The van der Waals surface area contributed by atoms with Gasteiger partial charge in [-0.15, -0.1) is 12.4 Å². The summed E-state index contributed by atoms with van der Waals surface area (Å²) in [5.74, 6) is -0.202. The number of halogens is 1. The van der Waals surface area contributed by atoms with E-state index in [1.165, 1.54) is 11.1 Å². The van der Waals surface area contributed by atoms with Crippen LogP contribution < -0.4 is 0 Å². The van der Waals surface area contributed by atoms with Crippen LogP contribution in [0.4, 0.5) is 0 Å². The van der Waals surface area contributed by atoms with E-state index in [9.17, 15) is 4.79 Å². The Morgan fingerprint density at radius 1 is 0.960 bits per heavy atom. The molecular weight excluding hydrogens is 334 g/mol. The lowest BCUT2D eigenvalue weighted by Crippen LogP contribution is -2.37. The third-order valence-electron chi connectivity index (χ3n) is 4.62. The van der Waals surface area contributed by atoms with Gasteiger partial charge in [0, 0.05) is 19.6 Å². The number of hydrogen-bond donors (Lipinski definition) is 0. The number of carbonyl (C=O) groups is 1. The fraction of sp³-hybridized carbons (Fsp3) is 0.381. The van der Waals surface area contributed by atoms with Crippen molar-refractivity contribution in [3.05, 3.63) is 70.8 Å². The Bertz CT molecular complexity index is 674. The molecule has 1 heterocycles. The molecule has 0 radical (unpaired) electrons. The topological polar surface area (TPSA) is 29.5 Å². The summed E-state index contributed by atoms with van der Waals surface area (Å²) < 4.78 is 5.67. The average Bonchev–Trinajstić information content (AvgIpc) is 2.59. The molecule has 134 valence electrons. The highest BCUT2D eigenvalue weighted by Gasteiger charge is 2.22. The molecule has 2 aromatic rings. The summed E-state index contributed by atoms with van der Waals surface area (Å²) in [4.78, 5) is 14.6. The Morgan fingerprint density at radius 2 is 1.48 bits per heavy atom. The van der Waals surface area contributed by atoms with E-state index in [1.807, 2.05) is 31.2 Å². The summed E-state index contributed by atoms with van der Waals surface area (Å²) in [6.45, 7) is 7.04. The van der Waals surface area contributed by atoms with Crippen LogP contribution in [-0.4, -0.2) is 30.1 Å². The lowest BCUT2D eigenvalue weighted by Gasteiger charge is -2.31. The van der Waals surface area contributed by atoms with Crippen molar-refractivity contribution < 1.29 is 9.53 Å². The standard InChI is InChI=1S/C21H25NO2.ClH/c1-16-3-7-18(8-4-16)15-22-13-11-20(12-14-22)24-21(23)19-9-5-17(2)6-10-19;/h3-10,20H,11-15H2,1-2H3;1H. The molecule has 0 N–H and O–H groups in total. The van der Waals surface area contributed by atoms with E-state index in [0.29, 0.717) is 5.56 Å². The number of esters is 1. The number of nitrogens with zero attached hydrogens (tertiary/aromatic N) is 1. The van der Waals surface area contributed by atoms with Gasteiger partial charge in [-0.25, -0.2) is 4.79 Å². The number of benzene rings is 2. The van der Waals surface area contributed by atoms with E-state index < -0.39 is 0 Å². The van der Waals surface area contributed by atoms with Crippen molar-refractivity contribution in [2.45, 2.75) is 39.3 Å². The Labute approximate surface area is 156 Å². The monoisotopic (exact) mass is 359 g/mol. The van der Waals surface area contributed by atoms with Gasteiger partial charge in [0.2, 0.25) is 0 Å². The first-order valence-electron chi connectivity index (χ1n) is 8.66. The minimum absolute atomic E-state index is 0. The average molecular weight is 360 g/mol. The quantitative estimate of drug-likeness (QED) is 0.750. The van der Waals surface area contributed by atoms with Gasteiger partial charge >= 0.3 is 5.97 Å². The molecule has 0 spiro atoms. The first kappa shape index (κ1) is 19.5. The van der Waals surface area contributed by atoms with Crippen LogP contribution in [0.25, 0.3) is 0 Å². The SMILES string of the molecule is Cc1ccc(CN2CCC(OC(=O)c3ccc(C)cc3)CC2)cc1.Cl. The van der Waals surface area contributed by atoms with Crippen LogP contribution in [0.1, 0.15) is 39.9 Å². The molecule has 1 saturated heterocycles. The Balaban J connectivity index is 0.00000225. The second-order valence-electron chi connectivity index (χ2n) is 6.73. The second-order valence-corrected chi connectivity index (χ2v) is 6.73. The summed E-state index contributed by atoms with van der Waals surface area (Å²) in [5, 5.41) is 0. The highest BCUT2D eigenvalue weighted by Crippen LogP contribution is 2.18. The van der Waals surface area contributed by atoms with Gasteiger partial charge < -0.3 is 4.74 Å². The van der Waals surface area contributed by atoms with Gasteiger partial charge in [-0.2, -0.15) is 0 Å². The smallest absolute Gasteiger partial charge is 0.338 e. The van der Waals surface area contributed by atoms with Gasteiger partial charge in [-0.05, 0) is 44.4 Å². The van der Waals surface area contributed by atoms with Gasteiger partial charge in [0.25, 0.3) is 0 Å². The zero-order chi connectivity index (χ0) is 16.9. The molecule has 0 unspecified atom stereocenters. The van der Waals surface area contributed by atoms with E-state index in [-0.39, 0.29) is 24.5 Å². The Hall–Kier alpha value is -1.84. The number of piperidine rings is 1. The predicted molar refractivity (Wildman–Crippen MR) is 103 cm³/mol. The molecule has 0 aromatic heterocycles. The van der Waals surface area contributed by atoms with Crippen molar-refractivity contribution in [3.8, 4) is 0 Å². The van der Waals surface area contributed by atoms with Crippen LogP contribution >= 0.6 is 12.4 Å². The van der Waals surface area contributed by atoms with E-state index in [0.717, 1.165) is 38.0 Å². The van der Waals surface area contributed by atoms with Gasteiger partial charge in [0.1, 0.15) is 6.10 Å². The minimum Gasteiger partial charge on any atom is -0.459 e. The molecule has 0 bridgehead atoms. The van der Waals surface area contributed by atoms with E-state index in [2.05, 4.69) is 36.1 Å². The fourth-order valence-electron chi connectivity index (χ4n) is 3.05. The maximum Gasteiger partial charge on any atom is 0.338 e. The van der Waals surface area contributed by atoms with Crippen LogP contribution in [0.5, 0.6) is 0 Å². The summed E-state index contributed by atoms with van der Waals surface area (Å²) in [6.07, 6.45) is 1.85. The lowest BCUT2D eigenvalue weighted by molar-refractivity contribution is 0.0104. The molecular formula is C21H26ClNO2. The Morgan fingerprint density at radius 3 is 2.04 bits per heavy atom. The highest BCUT2D eigenvalue weighted by atomic mass is 35.5. The largest absolute Gasteiger partial charge is 0.459 e. The molecule has 1 fully saturated rings. The van der Waals surface area contributed by atoms with Gasteiger partial charge in [-0.1, -0.05) is 47.5 Å². The first-order valence-corrected chi connectivity index (χ1v) is 8.66. The molecule has 1 aliphatic heterocycles. The predicted octanol–water partition coefficient (Wildman–Crippen LogP) is 4.55. The van der Waals surface area contributed by atoms with Crippen LogP contribution in [-0.2, 0) is 11.3 Å². The molecule has 2 aromatic carbocycles. The van der Waals surface area contributed by atoms with E-state index >= 15 is 0 Å². The highest BCUT2D eigenvalue weighted by molar-refractivity contribution is 5.89. The summed E-state index contributed by atoms with van der Waals surface area (Å²) >= 11 is 0. The summed E-state index contributed by atoms with van der Waals surface area (Å²) in [5.41, 5.74) is 4.43. The number of ether oxygens (including phenoxy) is 1. The number of aryl methyl sites for hydroxylation is 2. The van der Waals surface area contributed by atoms with Crippen molar-refractivity contribution in [1.82, 2.24) is 4.90 Å². The number of likely N-dealkylation sites (tertiary alicyclic amines) is 1. The van der Waals surface area contributed by atoms with Gasteiger partial charge in [0.15, 0.2) is 0 Å².